The van der Waals surface area contributed by atoms with Gasteiger partial charge in [0.2, 0.25) is 5.88 Å². The molecule has 4 heteroatoms. The van der Waals surface area contributed by atoms with Gasteiger partial charge in [0, 0.05) is 12.5 Å². The SMILES string of the molecule is CCc1nc(Cl)cc(OCCC2CC2)n1. The normalized spacial score (nSPS) is 15.3. The fraction of sp³-hybridized carbons (Fsp3) is 0.636. The molecule has 0 radical (unpaired) electrons. The highest BCUT2D eigenvalue weighted by Gasteiger charge is 2.20. The van der Waals surface area contributed by atoms with Gasteiger partial charge in [0.25, 0.3) is 0 Å². The Hall–Kier alpha value is -0.830. The zero-order valence-electron chi connectivity index (χ0n) is 8.87. The lowest BCUT2D eigenvalue weighted by molar-refractivity contribution is 0.290. The molecule has 82 valence electrons. The zero-order valence-corrected chi connectivity index (χ0v) is 9.63. The van der Waals surface area contributed by atoms with E-state index in [1.807, 2.05) is 6.92 Å². The molecular weight excluding hydrogens is 212 g/mol. The van der Waals surface area contributed by atoms with Gasteiger partial charge in [0.1, 0.15) is 11.0 Å². The molecule has 1 heterocycles. The van der Waals surface area contributed by atoms with Crippen molar-refractivity contribution in [1.82, 2.24) is 9.97 Å². The van der Waals surface area contributed by atoms with Crippen molar-refractivity contribution in [2.75, 3.05) is 6.61 Å². The van der Waals surface area contributed by atoms with Crippen LogP contribution in [0.15, 0.2) is 6.07 Å². The highest BCUT2D eigenvalue weighted by Crippen LogP contribution is 2.32. The molecule has 0 aromatic carbocycles. The van der Waals surface area contributed by atoms with Crippen LogP contribution in [-0.4, -0.2) is 16.6 Å². The van der Waals surface area contributed by atoms with Gasteiger partial charge in [-0.3, -0.25) is 0 Å². The zero-order chi connectivity index (χ0) is 10.7. The maximum atomic E-state index is 5.85. The molecule has 1 saturated carbocycles. The first-order chi connectivity index (χ1) is 7.28. The molecule has 0 atom stereocenters. The first-order valence-electron chi connectivity index (χ1n) is 5.44. The number of nitrogens with zero attached hydrogens (tertiary/aromatic N) is 2. The fourth-order valence-corrected chi connectivity index (χ4v) is 1.60. The third-order valence-electron chi connectivity index (χ3n) is 2.51. The average Bonchev–Trinajstić information content (AvgIpc) is 3.01. The van der Waals surface area contributed by atoms with E-state index < -0.39 is 0 Å². The summed E-state index contributed by atoms with van der Waals surface area (Å²) >= 11 is 5.85. The van der Waals surface area contributed by atoms with Gasteiger partial charge in [0.05, 0.1) is 6.61 Å². The third kappa shape index (κ3) is 3.34. The second-order valence-corrected chi connectivity index (χ2v) is 4.27. The van der Waals surface area contributed by atoms with Crippen molar-refractivity contribution >= 4 is 11.6 Å². The molecular formula is C11H15ClN2O. The van der Waals surface area contributed by atoms with Crippen LogP contribution in [0.2, 0.25) is 5.15 Å². The van der Waals surface area contributed by atoms with Crippen molar-refractivity contribution < 1.29 is 4.74 Å². The topological polar surface area (TPSA) is 35.0 Å². The summed E-state index contributed by atoms with van der Waals surface area (Å²) in [5, 5.41) is 0.461. The molecule has 0 aliphatic heterocycles. The summed E-state index contributed by atoms with van der Waals surface area (Å²) in [5.74, 6) is 2.23. The molecule has 1 aliphatic rings. The lowest BCUT2D eigenvalue weighted by Gasteiger charge is -2.05. The number of aryl methyl sites for hydroxylation is 1. The molecule has 1 aromatic rings. The maximum absolute atomic E-state index is 5.85. The van der Waals surface area contributed by atoms with Gasteiger partial charge in [-0.25, -0.2) is 4.98 Å². The minimum Gasteiger partial charge on any atom is -0.478 e. The van der Waals surface area contributed by atoms with Crippen molar-refractivity contribution in [2.45, 2.75) is 32.6 Å². The lowest BCUT2D eigenvalue weighted by atomic mass is 10.3. The third-order valence-corrected chi connectivity index (χ3v) is 2.70. The first kappa shape index (κ1) is 10.7. The molecule has 0 saturated heterocycles. The number of hydrogen-bond acceptors (Lipinski definition) is 3. The first-order valence-corrected chi connectivity index (χ1v) is 5.82. The molecule has 0 bridgehead atoms. The van der Waals surface area contributed by atoms with Gasteiger partial charge in [-0.15, -0.1) is 0 Å². The van der Waals surface area contributed by atoms with Crippen LogP contribution in [0.25, 0.3) is 0 Å². The van der Waals surface area contributed by atoms with E-state index in [1.54, 1.807) is 6.07 Å². The van der Waals surface area contributed by atoms with Crippen LogP contribution in [0.5, 0.6) is 5.88 Å². The quantitative estimate of drug-likeness (QED) is 0.725. The summed E-state index contributed by atoms with van der Waals surface area (Å²) in [4.78, 5) is 8.33. The molecule has 1 aromatic heterocycles. The van der Waals surface area contributed by atoms with E-state index in [1.165, 1.54) is 12.8 Å². The van der Waals surface area contributed by atoms with Gasteiger partial charge in [-0.1, -0.05) is 31.4 Å². The smallest absolute Gasteiger partial charge is 0.218 e. The van der Waals surface area contributed by atoms with E-state index in [-0.39, 0.29) is 0 Å². The molecule has 1 aliphatic carbocycles. The predicted octanol–water partition coefficient (Wildman–Crippen LogP) is 2.87. The minimum absolute atomic E-state index is 0.461. The summed E-state index contributed by atoms with van der Waals surface area (Å²) in [6.07, 6.45) is 4.62. The Kier molecular flexibility index (Phi) is 3.41. The van der Waals surface area contributed by atoms with Crippen molar-refractivity contribution in [2.24, 2.45) is 5.92 Å². The minimum atomic E-state index is 0.461. The highest BCUT2D eigenvalue weighted by atomic mass is 35.5. The maximum Gasteiger partial charge on any atom is 0.218 e. The summed E-state index contributed by atoms with van der Waals surface area (Å²) in [6.45, 7) is 2.74. The molecule has 2 rings (SSSR count). The molecule has 1 fully saturated rings. The standard InChI is InChI=1S/C11H15ClN2O/c1-2-10-13-9(12)7-11(14-10)15-6-5-8-3-4-8/h7-8H,2-6H2,1H3. The number of ether oxygens (including phenoxy) is 1. The average molecular weight is 227 g/mol. The molecule has 15 heavy (non-hydrogen) atoms. The monoisotopic (exact) mass is 226 g/mol. The second-order valence-electron chi connectivity index (χ2n) is 3.88. The van der Waals surface area contributed by atoms with Crippen LogP contribution in [0.1, 0.15) is 32.0 Å². The number of hydrogen-bond donors (Lipinski definition) is 0. The van der Waals surface area contributed by atoms with Crippen LogP contribution in [0.3, 0.4) is 0 Å². The second kappa shape index (κ2) is 4.79. The van der Waals surface area contributed by atoms with Crippen molar-refractivity contribution in [3.05, 3.63) is 17.0 Å². The summed E-state index contributed by atoms with van der Waals surface area (Å²) < 4.78 is 5.54. The number of halogens is 1. The van der Waals surface area contributed by atoms with Crippen molar-refractivity contribution in [3.8, 4) is 5.88 Å². The largest absolute Gasteiger partial charge is 0.478 e. The lowest BCUT2D eigenvalue weighted by Crippen LogP contribution is -2.02. The molecule has 0 amide bonds. The van der Waals surface area contributed by atoms with Gasteiger partial charge in [-0.05, 0) is 12.3 Å². The Balaban J connectivity index is 1.90. The summed E-state index contributed by atoms with van der Waals surface area (Å²) in [5.41, 5.74) is 0. The van der Waals surface area contributed by atoms with Crippen LogP contribution >= 0.6 is 11.6 Å². The Labute approximate surface area is 94.8 Å². The molecule has 0 N–H and O–H groups in total. The van der Waals surface area contributed by atoms with E-state index >= 15 is 0 Å². The van der Waals surface area contributed by atoms with Crippen LogP contribution in [0, 0.1) is 5.92 Å². The summed E-state index contributed by atoms with van der Waals surface area (Å²) in [7, 11) is 0. The molecule has 0 spiro atoms. The number of aromatic nitrogens is 2. The van der Waals surface area contributed by atoms with E-state index in [4.69, 9.17) is 16.3 Å². The van der Waals surface area contributed by atoms with Crippen molar-refractivity contribution in [3.63, 3.8) is 0 Å². The van der Waals surface area contributed by atoms with E-state index in [9.17, 15) is 0 Å². The molecule has 3 nitrogen and oxygen atoms in total. The van der Waals surface area contributed by atoms with Gasteiger partial charge in [0.15, 0.2) is 0 Å². The summed E-state index contributed by atoms with van der Waals surface area (Å²) in [6, 6.07) is 1.67. The number of rotatable bonds is 5. The van der Waals surface area contributed by atoms with E-state index in [0.29, 0.717) is 11.0 Å². The Bertz CT molecular complexity index is 339. The molecule has 0 unspecified atom stereocenters. The van der Waals surface area contributed by atoms with Crippen molar-refractivity contribution in [1.29, 1.82) is 0 Å². The van der Waals surface area contributed by atoms with Crippen LogP contribution < -0.4 is 4.74 Å². The van der Waals surface area contributed by atoms with Gasteiger partial charge < -0.3 is 4.74 Å². The Morgan fingerprint density at radius 1 is 1.47 bits per heavy atom. The van der Waals surface area contributed by atoms with E-state index in [0.717, 1.165) is 31.2 Å². The Morgan fingerprint density at radius 3 is 2.93 bits per heavy atom. The predicted molar refractivity (Wildman–Crippen MR) is 59.3 cm³/mol. The highest BCUT2D eigenvalue weighted by molar-refractivity contribution is 6.29. The van der Waals surface area contributed by atoms with Gasteiger partial charge >= 0.3 is 0 Å². The van der Waals surface area contributed by atoms with E-state index in [2.05, 4.69) is 9.97 Å². The van der Waals surface area contributed by atoms with Crippen LogP contribution in [-0.2, 0) is 6.42 Å². The van der Waals surface area contributed by atoms with Crippen LogP contribution in [0.4, 0.5) is 0 Å². The Morgan fingerprint density at radius 2 is 2.27 bits per heavy atom. The van der Waals surface area contributed by atoms with Gasteiger partial charge in [-0.2, -0.15) is 4.98 Å². The fourth-order valence-electron chi connectivity index (χ4n) is 1.41.